The standard InChI is InChI=1S/C16H23F6NOSi/c1-14(2,3)25(4,5)24-7-6-23-13-9-11(15(17,18)19)8-12(10-13)16(20,21)22/h8-10,23H,6-7H2,1-5H3. The van der Waals surface area contributed by atoms with Gasteiger partial charge in [-0.05, 0) is 36.3 Å². The van der Waals surface area contributed by atoms with Gasteiger partial charge in [0.2, 0.25) is 0 Å². The predicted octanol–water partition coefficient (Wildman–Crippen LogP) is 6.16. The Hall–Kier alpha value is -1.22. The van der Waals surface area contributed by atoms with Crippen LogP contribution in [0.25, 0.3) is 0 Å². The number of benzene rings is 1. The van der Waals surface area contributed by atoms with Crippen molar-refractivity contribution in [2.75, 3.05) is 18.5 Å². The lowest BCUT2D eigenvalue weighted by atomic mass is 10.1. The van der Waals surface area contributed by atoms with E-state index in [2.05, 4.69) is 5.32 Å². The Morgan fingerprint density at radius 1 is 0.880 bits per heavy atom. The molecule has 25 heavy (non-hydrogen) atoms. The highest BCUT2D eigenvalue weighted by Gasteiger charge is 2.38. The number of nitrogens with one attached hydrogen (secondary N) is 1. The molecule has 0 aliphatic carbocycles. The molecule has 0 aromatic heterocycles. The molecule has 2 nitrogen and oxygen atoms in total. The zero-order valence-electron chi connectivity index (χ0n) is 14.8. The number of rotatable bonds is 5. The Morgan fingerprint density at radius 2 is 1.32 bits per heavy atom. The Labute approximate surface area is 144 Å². The van der Waals surface area contributed by atoms with Gasteiger partial charge in [0.05, 0.1) is 17.7 Å². The minimum atomic E-state index is -4.85. The van der Waals surface area contributed by atoms with Gasteiger partial charge in [0, 0.05) is 12.2 Å². The summed E-state index contributed by atoms with van der Waals surface area (Å²) in [4.78, 5) is 0. The van der Waals surface area contributed by atoms with Crippen molar-refractivity contribution in [3.05, 3.63) is 29.3 Å². The van der Waals surface area contributed by atoms with Crippen LogP contribution in [0.5, 0.6) is 0 Å². The van der Waals surface area contributed by atoms with E-state index >= 15 is 0 Å². The molecule has 0 radical (unpaired) electrons. The van der Waals surface area contributed by atoms with Crippen molar-refractivity contribution in [2.24, 2.45) is 0 Å². The van der Waals surface area contributed by atoms with Crippen molar-refractivity contribution >= 4 is 14.0 Å². The molecular weight excluding hydrogens is 364 g/mol. The summed E-state index contributed by atoms with van der Waals surface area (Å²) in [5.41, 5.74) is -2.91. The predicted molar refractivity (Wildman–Crippen MR) is 88.1 cm³/mol. The van der Waals surface area contributed by atoms with E-state index in [1.165, 1.54) is 0 Å². The molecule has 9 heteroatoms. The molecule has 0 unspecified atom stereocenters. The highest BCUT2D eigenvalue weighted by atomic mass is 28.4. The summed E-state index contributed by atoms with van der Waals surface area (Å²) in [6.45, 7) is 10.5. The highest BCUT2D eigenvalue weighted by Crippen LogP contribution is 2.38. The molecule has 0 heterocycles. The number of anilines is 1. The van der Waals surface area contributed by atoms with E-state index in [0.717, 1.165) is 0 Å². The average molecular weight is 387 g/mol. The Bertz CT molecular complexity index is 558. The summed E-state index contributed by atoms with van der Waals surface area (Å²) in [6, 6.07) is 1.44. The van der Waals surface area contributed by atoms with Crippen LogP contribution in [-0.2, 0) is 16.8 Å². The number of hydrogen-bond donors (Lipinski definition) is 1. The van der Waals surface area contributed by atoms with Gasteiger partial charge in [0.15, 0.2) is 8.32 Å². The summed E-state index contributed by atoms with van der Waals surface area (Å²) >= 11 is 0. The topological polar surface area (TPSA) is 21.3 Å². The minimum absolute atomic E-state index is 0.0351. The van der Waals surface area contributed by atoms with Crippen LogP contribution in [0.4, 0.5) is 32.0 Å². The fourth-order valence-corrected chi connectivity index (χ4v) is 2.82. The van der Waals surface area contributed by atoms with E-state index in [-0.39, 0.29) is 29.9 Å². The molecule has 0 aliphatic heterocycles. The molecule has 0 bridgehead atoms. The van der Waals surface area contributed by atoms with Gasteiger partial charge in [-0.3, -0.25) is 0 Å². The minimum Gasteiger partial charge on any atom is -0.415 e. The second kappa shape index (κ2) is 7.18. The van der Waals surface area contributed by atoms with Gasteiger partial charge in [-0.15, -0.1) is 0 Å². The molecule has 1 rings (SSSR count). The van der Waals surface area contributed by atoms with Crippen molar-refractivity contribution in [3.8, 4) is 0 Å². The lowest BCUT2D eigenvalue weighted by molar-refractivity contribution is -0.143. The van der Waals surface area contributed by atoms with Crippen LogP contribution in [-0.4, -0.2) is 21.5 Å². The van der Waals surface area contributed by atoms with Gasteiger partial charge < -0.3 is 9.74 Å². The molecule has 0 fully saturated rings. The average Bonchev–Trinajstić information content (AvgIpc) is 2.40. The summed E-state index contributed by atoms with van der Waals surface area (Å²) in [6.07, 6.45) is -9.70. The number of alkyl halides is 6. The van der Waals surface area contributed by atoms with E-state index in [9.17, 15) is 26.3 Å². The van der Waals surface area contributed by atoms with E-state index < -0.39 is 31.8 Å². The van der Waals surface area contributed by atoms with Crippen LogP contribution in [0.3, 0.4) is 0 Å². The lowest BCUT2D eigenvalue weighted by Crippen LogP contribution is -2.41. The molecule has 0 saturated heterocycles. The van der Waals surface area contributed by atoms with Gasteiger partial charge in [-0.25, -0.2) is 0 Å². The zero-order valence-corrected chi connectivity index (χ0v) is 15.8. The molecule has 1 N–H and O–H groups in total. The third kappa shape index (κ3) is 6.21. The molecule has 0 saturated carbocycles. The largest absolute Gasteiger partial charge is 0.416 e. The first-order chi connectivity index (χ1) is 11.0. The SMILES string of the molecule is CC(C)(C)[Si](C)(C)OCCNc1cc(C(F)(F)F)cc(C(F)(F)F)c1. The molecule has 1 aromatic rings. The van der Waals surface area contributed by atoms with Gasteiger partial charge >= 0.3 is 12.4 Å². The maximum atomic E-state index is 12.8. The van der Waals surface area contributed by atoms with Gasteiger partial charge in [0.25, 0.3) is 0 Å². The fraction of sp³-hybridized carbons (Fsp3) is 0.625. The third-order valence-electron chi connectivity index (χ3n) is 4.29. The Kier molecular flexibility index (Phi) is 6.27. The van der Waals surface area contributed by atoms with E-state index in [4.69, 9.17) is 4.43 Å². The summed E-state index contributed by atoms with van der Waals surface area (Å²) < 4.78 is 82.6. The highest BCUT2D eigenvalue weighted by molar-refractivity contribution is 6.74. The van der Waals surface area contributed by atoms with Crippen molar-refractivity contribution in [1.29, 1.82) is 0 Å². The molecule has 0 atom stereocenters. The Balaban J connectivity index is 2.85. The van der Waals surface area contributed by atoms with Crippen LogP contribution in [0.1, 0.15) is 31.9 Å². The van der Waals surface area contributed by atoms with Crippen molar-refractivity contribution in [2.45, 2.75) is 51.3 Å². The van der Waals surface area contributed by atoms with Crippen LogP contribution in [0.2, 0.25) is 18.1 Å². The fourth-order valence-electron chi connectivity index (χ4n) is 1.78. The summed E-state index contributed by atoms with van der Waals surface area (Å²) in [5.74, 6) is 0. The normalized spacial score (nSPS) is 13.9. The van der Waals surface area contributed by atoms with E-state index in [1.54, 1.807) is 0 Å². The van der Waals surface area contributed by atoms with Crippen molar-refractivity contribution < 1.29 is 30.8 Å². The second-order valence-corrected chi connectivity index (χ2v) is 12.1. The molecule has 1 aromatic carbocycles. The van der Waals surface area contributed by atoms with Crippen molar-refractivity contribution in [1.82, 2.24) is 0 Å². The maximum absolute atomic E-state index is 12.8. The third-order valence-corrected chi connectivity index (χ3v) is 8.83. The van der Waals surface area contributed by atoms with E-state index in [0.29, 0.717) is 12.1 Å². The number of hydrogen-bond acceptors (Lipinski definition) is 2. The monoisotopic (exact) mass is 387 g/mol. The summed E-state index contributed by atoms with van der Waals surface area (Å²) in [5, 5.41) is 2.56. The maximum Gasteiger partial charge on any atom is 0.416 e. The van der Waals surface area contributed by atoms with Gasteiger partial charge in [-0.2, -0.15) is 26.3 Å². The van der Waals surface area contributed by atoms with Crippen LogP contribution < -0.4 is 5.32 Å². The smallest absolute Gasteiger partial charge is 0.415 e. The number of halogens is 6. The lowest BCUT2D eigenvalue weighted by Gasteiger charge is -2.36. The molecular formula is C16H23F6NOSi. The first-order valence-electron chi connectivity index (χ1n) is 7.71. The van der Waals surface area contributed by atoms with Crippen LogP contribution >= 0.6 is 0 Å². The molecule has 0 aliphatic rings. The van der Waals surface area contributed by atoms with Crippen LogP contribution in [0, 0.1) is 0 Å². The second-order valence-electron chi connectivity index (χ2n) is 7.33. The van der Waals surface area contributed by atoms with Crippen molar-refractivity contribution in [3.63, 3.8) is 0 Å². The zero-order chi connectivity index (χ0) is 19.7. The van der Waals surface area contributed by atoms with Gasteiger partial charge in [0.1, 0.15) is 0 Å². The quantitative estimate of drug-likeness (QED) is 0.371. The molecule has 144 valence electrons. The molecule has 0 spiro atoms. The van der Waals surface area contributed by atoms with E-state index in [1.807, 2.05) is 33.9 Å². The summed E-state index contributed by atoms with van der Waals surface area (Å²) in [7, 11) is -2.02. The first kappa shape index (κ1) is 21.8. The molecule has 0 amide bonds. The van der Waals surface area contributed by atoms with Gasteiger partial charge in [-0.1, -0.05) is 20.8 Å². The van der Waals surface area contributed by atoms with Crippen LogP contribution in [0.15, 0.2) is 18.2 Å². The Morgan fingerprint density at radius 3 is 1.68 bits per heavy atom. The first-order valence-corrected chi connectivity index (χ1v) is 10.6.